The number of allylic oxidation sites excluding steroid dienone is 3. The fraction of sp³-hybridized carbons (Fsp3) is 0.370. The van der Waals surface area contributed by atoms with E-state index in [9.17, 15) is 19.2 Å². The molecule has 2 heterocycles. The van der Waals surface area contributed by atoms with Crippen LogP contribution in [0.25, 0.3) is 17.2 Å². The van der Waals surface area contributed by atoms with E-state index in [1.165, 1.54) is 5.56 Å². The molecule has 6 aromatic carbocycles. The fourth-order valence-corrected chi connectivity index (χ4v) is 11.9. The number of ether oxygens (including phenoxy) is 1. The van der Waals surface area contributed by atoms with Crippen molar-refractivity contribution in [3.63, 3.8) is 0 Å². The molecule has 0 bridgehead atoms. The van der Waals surface area contributed by atoms with Crippen molar-refractivity contribution >= 4 is 34.9 Å². The van der Waals surface area contributed by atoms with Gasteiger partial charge in [0.2, 0.25) is 0 Å². The van der Waals surface area contributed by atoms with Gasteiger partial charge in [-0.25, -0.2) is 0 Å². The van der Waals surface area contributed by atoms with Crippen molar-refractivity contribution in [2.45, 2.75) is 138 Å². The topological polar surface area (TPSA) is 84.0 Å². The number of hydrogen-bond donors (Lipinski definition) is 0. The molecule has 1 atom stereocenters. The largest absolute Gasteiger partial charge is 0.489 e. The number of hydrogen-bond acceptors (Lipinski definition) is 7. The van der Waals surface area contributed by atoms with Gasteiger partial charge in [0.1, 0.15) is 12.4 Å². The zero-order chi connectivity index (χ0) is 57.0. The van der Waals surface area contributed by atoms with E-state index in [1.807, 2.05) is 36.4 Å². The van der Waals surface area contributed by atoms with Crippen molar-refractivity contribution in [1.29, 1.82) is 0 Å². The Bertz CT molecular complexity index is 3270. The number of anilines is 1. The minimum absolute atomic E-state index is 0.0117. The van der Waals surface area contributed by atoms with Gasteiger partial charge >= 0.3 is 0 Å². The van der Waals surface area contributed by atoms with Gasteiger partial charge in [-0.15, -0.1) is 0 Å². The molecule has 1 aliphatic carbocycles. The normalized spacial score (nSPS) is 17.2. The molecule has 7 heteroatoms. The van der Waals surface area contributed by atoms with Crippen molar-refractivity contribution < 1.29 is 23.9 Å². The fourth-order valence-electron chi connectivity index (χ4n) is 11.9. The van der Waals surface area contributed by atoms with Crippen molar-refractivity contribution in [2.24, 2.45) is 16.7 Å². The molecule has 2 aliphatic heterocycles. The summed E-state index contributed by atoms with van der Waals surface area (Å²) in [6.07, 6.45) is 13.1. The van der Waals surface area contributed by atoms with Crippen LogP contribution in [0.5, 0.6) is 5.75 Å². The number of carbonyl (C=O) groups is 4. The molecule has 0 fully saturated rings. The molecule has 414 valence electrons. The van der Waals surface area contributed by atoms with Crippen LogP contribution in [-0.4, -0.2) is 47.7 Å². The summed E-state index contributed by atoms with van der Waals surface area (Å²) in [7, 11) is 0. The lowest BCUT2D eigenvalue weighted by Crippen LogP contribution is -2.39. The monoisotopic (exact) mass is 1070 g/mol. The molecule has 3 aliphatic rings. The molecule has 0 spiro atoms. The van der Waals surface area contributed by atoms with E-state index in [1.54, 1.807) is 36.4 Å². The molecule has 0 amide bonds. The van der Waals surface area contributed by atoms with Crippen LogP contribution in [0.1, 0.15) is 174 Å². The van der Waals surface area contributed by atoms with Crippen LogP contribution >= 0.6 is 0 Å². The summed E-state index contributed by atoms with van der Waals surface area (Å²) in [5.41, 5.74) is 12.3. The van der Waals surface area contributed by atoms with Gasteiger partial charge in [0.25, 0.3) is 0 Å². The van der Waals surface area contributed by atoms with E-state index in [4.69, 9.17) is 4.74 Å². The Morgan fingerprint density at radius 2 is 1.24 bits per heavy atom. The summed E-state index contributed by atoms with van der Waals surface area (Å²) in [5, 5.41) is 0. The first kappa shape index (κ1) is 57.3. The van der Waals surface area contributed by atoms with Gasteiger partial charge in [0.15, 0.2) is 23.1 Å². The van der Waals surface area contributed by atoms with Gasteiger partial charge in [-0.05, 0) is 141 Å². The van der Waals surface area contributed by atoms with Crippen molar-refractivity contribution in [2.75, 3.05) is 24.5 Å². The van der Waals surface area contributed by atoms with Gasteiger partial charge in [0, 0.05) is 66.4 Å². The minimum atomic E-state index is -0.304. The quantitative estimate of drug-likeness (QED) is 0.0524. The number of fused-ring (bicyclic) bond motifs is 3. The predicted molar refractivity (Wildman–Crippen MR) is 327 cm³/mol. The average molecular weight is 1070 g/mol. The molecule has 0 aromatic heterocycles. The van der Waals surface area contributed by atoms with Crippen LogP contribution in [0.4, 0.5) is 5.69 Å². The maximum absolute atomic E-state index is 14.8. The van der Waals surface area contributed by atoms with Crippen LogP contribution in [0.15, 0.2) is 175 Å². The Hall–Kier alpha value is -7.38. The van der Waals surface area contributed by atoms with Crippen LogP contribution < -0.4 is 9.64 Å². The molecule has 6 aromatic rings. The number of carbonyl (C=O) groups excluding carboxylic acids is 4. The second-order valence-electron chi connectivity index (χ2n) is 25.8. The van der Waals surface area contributed by atoms with E-state index >= 15 is 0 Å². The van der Waals surface area contributed by atoms with Gasteiger partial charge in [-0.2, -0.15) is 0 Å². The number of nitrogens with zero attached hydrogens (tertiary/aromatic N) is 2. The van der Waals surface area contributed by atoms with Gasteiger partial charge in [-0.3, -0.25) is 19.2 Å². The summed E-state index contributed by atoms with van der Waals surface area (Å²) < 4.78 is 6.05. The summed E-state index contributed by atoms with van der Waals surface area (Å²) in [6, 6.07) is 48.4. The molecule has 9 rings (SSSR count). The second kappa shape index (κ2) is 23.8. The molecule has 0 saturated carbocycles. The summed E-state index contributed by atoms with van der Waals surface area (Å²) >= 11 is 0. The Morgan fingerprint density at radius 3 is 1.84 bits per heavy atom. The lowest BCUT2D eigenvalue weighted by molar-refractivity contribution is -0.118. The Kier molecular flexibility index (Phi) is 17.0. The zero-order valence-electron chi connectivity index (χ0n) is 49.0. The number of benzene rings is 6. The van der Waals surface area contributed by atoms with Gasteiger partial charge < -0.3 is 14.5 Å². The number of rotatable bonds is 21. The van der Waals surface area contributed by atoms with Crippen molar-refractivity contribution in [3.05, 3.63) is 220 Å². The van der Waals surface area contributed by atoms with E-state index < -0.39 is 0 Å². The maximum atomic E-state index is 14.8. The van der Waals surface area contributed by atoms with E-state index in [0.717, 1.165) is 101 Å². The first-order valence-corrected chi connectivity index (χ1v) is 29.1. The van der Waals surface area contributed by atoms with Crippen LogP contribution in [0.2, 0.25) is 0 Å². The Labute approximate surface area is 476 Å². The smallest absolute Gasteiger partial charge is 0.172 e. The van der Waals surface area contributed by atoms with Crippen LogP contribution in [0, 0.1) is 16.7 Å². The van der Waals surface area contributed by atoms with Gasteiger partial charge in [0.05, 0.1) is 12.3 Å². The summed E-state index contributed by atoms with van der Waals surface area (Å²) in [4.78, 5) is 59.6. The molecule has 1 unspecified atom stereocenters. The molecular weight excluding hydrogens is 985 g/mol. The average Bonchev–Trinajstić information content (AvgIpc) is 3.85. The molecule has 7 nitrogen and oxygen atoms in total. The van der Waals surface area contributed by atoms with E-state index in [0.29, 0.717) is 42.2 Å². The highest BCUT2D eigenvalue weighted by atomic mass is 16.5. The third-order valence-electron chi connectivity index (χ3n) is 17.3. The lowest BCUT2D eigenvalue weighted by atomic mass is 9.68. The molecule has 0 N–H and O–H groups in total. The molecular formula is C73H82N2O5. The third kappa shape index (κ3) is 13.1. The highest BCUT2D eigenvalue weighted by molar-refractivity contribution is 6.13. The minimum Gasteiger partial charge on any atom is -0.489 e. The van der Waals surface area contributed by atoms with Gasteiger partial charge in [-0.1, -0.05) is 191 Å². The van der Waals surface area contributed by atoms with Crippen molar-refractivity contribution in [1.82, 2.24) is 4.90 Å². The highest BCUT2D eigenvalue weighted by Crippen LogP contribution is 2.49. The number of ketones is 4. The van der Waals surface area contributed by atoms with Crippen molar-refractivity contribution in [3.8, 4) is 16.9 Å². The molecule has 0 saturated heterocycles. The lowest BCUT2D eigenvalue weighted by Gasteiger charge is -2.42. The Morgan fingerprint density at radius 1 is 0.650 bits per heavy atom. The SMILES string of the molecule is CC(C)CN1C=C(C(=O)CC/C=C/c2ccc(COc3ccc(C(=O)CC(=O)c4ccc(C(C)(C)C)cc4)cc3)cc2)C(C)(CCC(C)(C)c2ccc(N3C=C(C(=O)C4c5ccccc5-c5ccccc54)C(C)(C)CC3)cc2)CC1. The summed E-state index contributed by atoms with van der Waals surface area (Å²) in [6.45, 7) is 25.3. The molecule has 80 heavy (non-hydrogen) atoms. The van der Waals surface area contributed by atoms with E-state index in [2.05, 4.69) is 176 Å². The number of Topliss-reactive ketones (excluding diaryl/α,β-unsaturated/α-hetero) is 4. The standard InChI is InChI=1S/C73H82N2O5/c1-50(2)46-74-43-42-73(10,40-39-71(6,7)56-33-35-57(36-34-56)75-44-41-72(8,9)64(48-75)69(79)68-61-20-14-12-18-59(61)60-19-13-15-21-62(60)68)63(47-74)65(76)22-16-11-17-51-23-25-52(26-24-51)49-80-58-37-29-54(30-38-58)67(78)45-66(77)53-27-31-55(32-28-53)70(3,4)5/h11-15,17-21,23-38,47-48,50,68H,16,22,39-46,49H2,1-10H3/b17-11+. The summed E-state index contributed by atoms with van der Waals surface area (Å²) in [5.74, 6) is 0.837. The molecule has 0 radical (unpaired) electrons. The maximum Gasteiger partial charge on any atom is 0.172 e. The highest BCUT2D eigenvalue weighted by Gasteiger charge is 2.42. The van der Waals surface area contributed by atoms with Crippen LogP contribution in [0.3, 0.4) is 0 Å². The van der Waals surface area contributed by atoms with E-state index in [-0.39, 0.29) is 57.1 Å². The first-order valence-electron chi connectivity index (χ1n) is 29.1. The third-order valence-corrected chi connectivity index (χ3v) is 17.3. The Balaban J connectivity index is 0.777. The van der Waals surface area contributed by atoms with Crippen LogP contribution in [-0.2, 0) is 27.0 Å². The predicted octanol–water partition coefficient (Wildman–Crippen LogP) is 16.9. The first-order chi connectivity index (χ1) is 38.1. The second-order valence-corrected chi connectivity index (χ2v) is 25.8. The zero-order valence-corrected chi connectivity index (χ0v) is 49.0.